The summed E-state index contributed by atoms with van der Waals surface area (Å²) < 4.78 is 26.9. The number of rotatable bonds is 11. The fraction of sp³-hybridized carbons (Fsp3) is 0.417. The quantitative estimate of drug-likeness (QED) is 0.518. The lowest BCUT2D eigenvalue weighted by molar-refractivity contribution is -0.141. The lowest BCUT2D eigenvalue weighted by atomic mass is 10.1. The minimum absolute atomic E-state index is 0.0403. The van der Waals surface area contributed by atoms with E-state index >= 15 is 0 Å². The fourth-order valence-corrected chi connectivity index (χ4v) is 4.52. The predicted octanol–water partition coefficient (Wildman–Crippen LogP) is 3.54. The van der Waals surface area contributed by atoms with E-state index in [9.17, 15) is 18.0 Å². The van der Waals surface area contributed by atoms with Crippen LogP contribution in [0.1, 0.15) is 32.8 Å². The molecular weight excluding hydrogens is 462 g/mol. The van der Waals surface area contributed by atoms with Crippen LogP contribution in [0.15, 0.2) is 59.5 Å². The van der Waals surface area contributed by atoms with Gasteiger partial charge < -0.3 is 10.2 Å². The van der Waals surface area contributed by atoms with Crippen LogP contribution in [0.3, 0.4) is 0 Å². The second-order valence-electron chi connectivity index (χ2n) is 8.29. The summed E-state index contributed by atoms with van der Waals surface area (Å²) in [5.74, 6) is -0.440. The molecule has 9 heteroatoms. The molecule has 7 nitrogen and oxygen atoms in total. The molecule has 0 fully saturated rings. The van der Waals surface area contributed by atoms with E-state index in [1.807, 2.05) is 51.1 Å². The normalized spacial score (nSPS) is 12.6. The van der Waals surface area contributed by atoms with E-state index in [2.05, 4.69) is 5.32 Å². The molecule has 1 N–H and O–H groups in total. The zero-order valence-electron chi connectivity index (χ0n) is 19.5. The summed E-state index contributed by atoms with van der Waals surface area (Å²) in [6.07, 6.45) is 0.399. The van der Waals surface area contributed by atoms with Gasteiger partial charge in [-0.2, -0.15) is 4.31 Å². The molecule has 2 aromatic carbocycles. The van der Waals surface area contributed by atoms with Gasteiger partial charge in [0.15, 0.2) is 0 Å². The van der Waals surface area contributed by atoms with Gasteiger partial charge in [0, 0.05) is 25.2 Å². The highest BCUT2D eigenvalue weighted by Crippen LogP contribution is 2.19. The summed E-state index contributed by atoms with van der Waals surface area (Å²) in [6, 6.07) is 14.4. The summed E-state index contributed by atoms with van der Waals surface area (Å²) in [5.41, 5.74) is 0.851. The number of sulfonamides is 1. The molecule has 0 bridgehead atoms. The lowest BCUT2D eigenvalue weighted by Crippen LogP contribution is -2.52. The fourth-order valence-electron chi connectivity index (χ4n) is 3.27. The molecule has 0 saturated carbocycles. The van der Waals surface area contributed by atoms with Crippen LogP contribution in [-0.4, -0.2) is 55.6 Å². The van der Waals surface area contributed by atoms with E-state index in [1.54, 1.807) is 0 Å². The minimum Gasteiger partial charge on any atom is -0.354 e. The summed E-state index contributed by atoms with van der Waals surface area (Å²) in [7, 11) is -2.56. The number of carbonyl (C=O) groups excluding carboxylic acids is 2. The Bertz CT molecular complexity index is 1030. The van der Waals surface area contributed by atoms with Crippen molar-refractivity contribution in [2.24, 2.45) is 5.92 Å². The van der Waals surface area contributed by atoms with Gasteiger partial charge in [0.05, 0.1) is 11.4 Å². The van der Waals surface area contributed by atoms with Gasteiger partial charge in [0.2, 0.25) is 21.8 Å². The molecule has 2 amide bonds. The van der Waals surface area contributed by atoms with Crippen molar-refractivity contribution in [2.75, 3.05) is 20.1 Å². The number of nitrogens with zero attached hydrogens (tertiary/aromatic N) is 2. The van der Waals surface area contributed by atoms with Gasteiger partial charge in [0.25, 0.3) is 0 Å². The second-order valence-corrected chi connectivity index (χ2v) is 10.8. The van der Waals surface area contributed by atoms with Crippen molar-refractivity contribution in [1.29, 1.82) is 0 Å². The molecule has 2 aromatic rings. The number of halogens is 1. The number of benzene rings is 2. The van der Waals surface area contributed by atoms with Crippen molar-refractivity contribution in [3.8, 4) is 0 Å². The second kappa shape index (κ2) is 12.2. The van der Waals surface area contributed by atoms with Crippen LogP contribution in [0.4, 0.5) is 0 Å². The maximum absolute atomic E-state index is 13.4. The monoisotopic (exact) mass is 493 g/mol. The molecule has 180 valence electrons. The maximum atomic E-state index is 13.4. The Balaban J connectivity index is 2.28. The number of carbonyl (C=O) groups is 2. The number of hydrogen-bond donors (Lipinski definition) is 1. The van der Waals surface area contributed by atoms with E-state index < -0.39 is 28.5 Å². The van der Waals surface area contributed by atoms with E-state index in [-0.39, 0.29) is 23.3 Å². The zero-order valence-corrected chi connectivity index (χ0v) is 21.1. The van der Waals surface area contributed by atoms with Crippen molar-refractivity contribution in [2.45, 2.75) is 44.7 Å². The average Bonchev–Trinajstić information content (AvgIpc) is 2.78. The van der Waals surface area contributed by atoms with Gasteiger partial charge in [-0.05, 0) is 42.2 Å². The van der Waals surface area contributed by atoms with Crippen LogP contribution in [0.2, 0.25) is 5.02 Å². The van der Waals surface area contributed by atoms with Crippen LogP contribution in [0, 0.1) is 5.92 Å². The molecule has 0 aliphatic carbocycles. The highest BCUT2D eigenvalue weighted by Gasteiger charge is 2.31. The number of hydrogen-bond acceptors (Lipinski definition) is 4. The third-order valence-electron chi connectivity index (χ3n) is 5.15. The van der Waals surface area contributed by atoms with Gasteiger partial charge in [-0.3, -0.25) is 9.59 Å². The Morgan fingerprint density at radius 2 is 1.64 bits per heavy atom. The third kappa shape index (κ3) is 7.55. The predicted molar refractivity (Wildman–Crippen MR) is 130 cm³/mol. The standard InChI is InChI=1S/C24H32ClN3O4S/c1-5-22(24(30)26-15-18(2)3)28(16-19-9-7-6-8-10-19)23(29)17-27(4)33(31,32)21-13-11-20(25)12-14-21/h6-14,18,22H,5,15-17H2,1-4H3,(H,26,30)/t22-/m0/s1. The molecular formula is C24H32ClN3O4S. The van der Waals surface area contributed by atoms with E-state index in [0.717, 1.165) is 9.87 Å². The van der Waals surface area contributed by atoms with Crippen LogP contribution in [-0.2, 0) is 26.2 Å². The van der Waals surface area contributed by atoms with Crippen molar-refractivity contribution in [3.63, 3.8) is 0 Å². The molecule has 2 rings (SSSR count). The van der Waals surface area contributed by atoms with E-state index in [1.165, 1.54) is 36.2 Å². The molecule has 0 aliphatic rings. The van der Waals surface area contributed by atoms with Gasteiger partial charge >= 0.3 is 0 Å². The lowest BCUT2D eigenvalue weighted by Gasteiger charge is -2.32. The first kappa shape index (κ1) is 26.8. The summed E-state index contributed by atoms with van der Waals surface area (Å²) in [5, 5.41) is 3.31. The molecule has 0 radical (unpaired) electrons. The molecule has 0 spiro atoms. The minimum atomic E-state index is -3.90. The molecule has 1 atom stereocenters. The van der Waals surface area contributed by atoms with E-state index in [4.69, 9.17) is 11.6 Å². The number of nitrogens with one attached hydrogen (secondary N) is 1. The van der Waals surface area contributed by atoms with Gasteiger partial charge in [0.1, 0.15) is 6.04 Å². The highest BCUT2D eigenvalue weighted by atomic mass is 35.5. The smallest absolute Gasteiger partial charge is 0.243 e. The van der Waals surface area contributed by atoms with Crippen molar-refractivity contribution >= 4 is 33.4 Å². The maximum Gasteiger partial charge on any atom is 0.243 e. The van der Waals surface area contributed by atoms with Gasteiger partial charge in [-0.15, -0.1) is 0 Å². The molecule has 33 heavy (non-hydrogen) atoms. The topological polar surface area (TPSA) is 86.8 Å². The summed E-state index contributed by atoms with van der Waals surface area (Å²) >= 11 is 5.86. The third-order valence-corrected chi connectivity index (χ3v) is 7.22. The van der Waals surface area contributed by atoms with Crippen LogP contribution >= 0.6 is 11.6 Å². The Morgan fingerprint density at radius 3 is 2.18 bits per heavy atom. The van der Waals surface area contributed by atoms with E-state index in [0.29, 0.717) is 18.0 Å². The average molecular weight is 494 g/mol. The molecule has 0 aliphatic heterocycles. The molecule has 0 heterocycles. The highest BCUT2D eigenvalue weighted by molar-refractivity contribution is 7.89. The largest absolute Gasteiger partial charge is 0.354 e. The first-order chi connectivity index (χ1) is 15.6. The van der Waals surface area contributed by atoms with Crippen molar-refractivity contribution in [1.82, 2.24) is 14.5 Å². The summed E-state index contributed by atoms with van der Waals surface area (Å²) in [6.45, 7) is 6.11. The molecule has 0 aromatic heterocycles. The van der Waals surface area contributed by atoms with Gasteiger partial charge in [-0.1, -0.05) is 62.7 Å². The Morgan fingerprint density at radius 1 is 1.03 bits per heavy atom. The number of amides is 2. The zero-order chi connectivity index (χ0) is 24.6. The van der Waals surface area contributed by atoms with Crippen molar-refractivity contribution < 1.29 is 18.0 Å². The Hall–Kier alpha value is -2.42. The summed E-state index contributed by atoms with van der Waals surface area (Å²) in [4.78, 5) is 27.8. The number of likely N-dealkylation sites (N-methyl/N-ethyl adjacent to an activating group) is 1. The van der Waals surface area contributed by atoms with Crippen molar-refractivity contribution in [3.05, 3.63) is 65.2 Å². The Labute approximate surface area is 201 Å². The van der Waals surface area contributed by atoms with Crippen LogP contribution < -0.4 is 5.32 Å². The first-order valence-electron chi connectivity index (χ1n) is 10.9. The SMILES string of the molecule is CC[C@@H](C(=O)NCC(C)C)N(Cc1ccccc1)C(=O)CN(C)S(=O)(=O)c1ccc(Cl)cc1. The molecule has 0 saturated heterocycles. The molecule has 0 unspecified atom stereocenters. The van der Waals surface area contributed by atoms with Crippen LogP contribution in [0.5, 0.6) is 0 Å². The Kier molecular flexibility index (Phi) is 9.88. The van der Waals surface area contributed by atoms with Crippen LogP contribution in [0.25, 0.3) is 0 Å². The van der Waals surface area contributed by atoms with Gasteiger partial charge in [-0.25, -0.2) is 8.42 Å². The first-order valence-corrected chi connectivity index (χ1v) is 12.7.